The first-order valence-electron chi connectivity index (χ1n) is 17.9. The second-order valence-electron chi connectivity index (χ2n) is 16.2. The number of aliphatic hydroxyl groups excluding tert-OH is 1. The molecule has 3 aliphatic rings. The molecular weight excluding hydrogens is 691 g/mol. The summed E-state index contributed by atoms with van der Waals surface area (Å²) in [5, 5.41) is 8.26. The number of alkyl halides is 2. The molecule has 0 bridgehead atoms. The number of halogens is 2. The molecule has 51 heavy (non-hydrogen) atoms. The van der Waals surface area contributed by atoms with Crippen molar-refractivity contribution in [3.8, 4) is 0 Å². The number of esters is 2. The molecule has 2 saturated heterocycles. The third kappa shape index (κ3) is 8.26. The van der Waals surface area contributed by atoms with E-state index in [4.69, 9.17) is 32.7 Å². The van der Waals surface area contributed by atoms with Gasteiger partial charge in [0.1, 0.15) is 32.3 Å². The molecule has 11 heteroatoms. The van der Waals surface area contributed by atoms with Crippen LogP contribution in [0.25, 0.3) is 0 Å². The van der Waals surface area contributed by atoms with Crippen molar-refractivity contribution >= 4 is 47.0 Å². The first kappa shape index (κ1) is 40.6. The fraction of sp³-hybridized carbons (Fsp3) is 0.600. The van der Waals surface area contributed by atoms with Crippen molar-refractivity contribution in [2.45, 2.75) is 121 Å². The number of hydrogen-bond acceptors (Lipinski definition) is 7. The molecule has 6 atom stereocenters. The van der Waals surface area contributed by atoms with Crippen LogP contribution >= 0.6 is 23.2 Å². The minimum absolute atomic E-state index is 0.0728. The van der Waals surface area contributed by atoms with Crippen LogP contribution in [0.5, 0.6) is 0 Å². The molecule has 2 heterocycles. The number of fused-ring (bicyclic) bond motifs is 1. The monoisotopic (exact) mass is 744 g/mol. The summed E-state index contributed by atoms with van der Waals surface area (Å²) < 4.78 is 11.3. The predicted octanol–water partition coefficient (Wildman–Crippen LogP) is 7.38. The lowest BCUT2D eigenvalue weighted by molar-refractivity contribution is -0.168. The number of carbonyl (C=O) groups excluding carboxylic acids is 4. The molecule has 0 spiro atoms. The Kier molecular flexibility index (Phi) is 12.3. The van der Waals surface area contributed by atoms with Gasteiger partial charge in [-0.25, -0.2) is 0 Å². The van der Waals surface area contributed by atoms with E-state index in [1.165, 1.54) is 0 Å². The highest BCUT2D eigenvalue weighted by Gasteiger charge is 2.70. The second kappa shape index (κ2) is 15.5. The fourth-order valence-corrected chi connectivity index (χ4v) is 8.31. The zero-order valence-electron chi connectivity index (χ0n) is 31.2. The van der Waals surface area contributed by atoms with Gasteiger partial charge in [-0.05, 0) is 98.6 Å². The van der Waals surface area contributed by atoms with Gasteiger partial charge in [-0.3, -0.25) is 19.2 Å². The number of nitrogens with zero attached hydrogens (tertiary/aromatic N) is 2. The summed E-state index contributed by atoms with van der Waals surface area (Å²) >= 11 is 13.3. The van der Waals surface area contributed by atoms with Crippen molar-refractivity contribution < 1.29 is 33.8 Å². The molecule has 1 saturated carbocycles. The number of aliphatic hydroxyl groups is 1. The minimum Gasteiger partial charge on any atom is -0.459 e. The second-order valence-corrected chi connectivity index (χ2v) is 17.2. The van der Waals surface area contributed by atoms with Gasteiger partial charge < -0.3 is 24.4 Å². The maximum Gasteiger partial charge on any atom is 0.316 e. The summed E-state index contributed by atoms with van der Waals surface area (Å²) in [4.78, 5) is 54.3. The van der Waals surface area contributed by atoms with Crippen LogP contribution in [0.4, 0.5) is 0 Å². The Labute approximate surface area is 312 Å². The molecule has 280 valence electrons. The van der Waals surface area contributed by atoms with Gasteiger partial charge in [-0.1, -0.05) is 60.7 Å². The summed E-state index contributed by atoms with van der Waals surface area (Å²) in [6.07, 6.45) is 2.56. The van der Waals surface area contributed by atoms with Crippen LogP contribution in [0.2, 0.25) is 0 Å². The fourth-order valence-electron chi connectivity index (χ4n) is 7.44. The SMILES string of the molecule is C[C@H](c1ccccc1)N1C[C@@](CCCO)(C(=O)OC(C)(C)C)C(Cl)C1=O.C[C@H](c1ccccc1)N1C[C@]2(C(=O)OC(C)(C)C)CCC[C@]2(Cl)C1=O. The van der Waals surface area contributed by atoms with Crippen molar-refractivity contribution in [3.05, 3.63) is 71.8 Å². The summed E-state index contributed by atoms with van der Waals surface area (Å²) in [5.41, 5.74) is -1.38. The van der Waals surface area contributed by atoms with E-state index in [2.05, 4.69) is 0 Å². The number of likely N-dealkylation sites (tertiary alicyclic amines) is 2. The number of hydrogen-bond donors (Lipinski definition) is 1. The molecular formula is C40H54Cl2N2O7. The third-order valence-electron chi connectivity index (χ3n) is 10.2. The molecule has 2 aliphatic heterocycles. The largest absolute Gasteiger partial charge is 0.459 e. The van der Waals surface area contributed by atoms with Gasteiger partial charge in [0.05, 0.1) is 12.1 Å². The quantitative estimate of drug-likeness (QED) is 0.211. The van der Waals surface area contributed by atoms with E-state index in [1.807, 2.05) is 95.3 Å². The number of amides is 2. The maximum atomic E-state index is 13.2. The molecule has 2 amide bonds. The molecule has 2 aromatic carbocycles. The Morgan fingerprint density at radius 3 is 1.80 bits per heavy atom. The highest BCUT2D eigenvalue weighted by Crippen LogP contribution is 2.58. The van der Waals surface area contributed by atoms with Gasteiger partial charge in [0.25, 0.3) is 0 Å². The highest BCUT2D eigenvalue weighted by atomic mass is 35.5. The average molecular weight is 746 g/mol. The van der Waals surface area contributed by atoms with Crippen LogP contribution < -0.4 is 0 Å². The van der Waals surface area contributed by atoms with E-state index in [-0.39, 0.29) is 43.0 Å². The van der Waals surface area contributed by atoms with Gasteiger partial charge in [-0.15, -0.1) is 23.2 Å². The standard InChI is InChI=1S/C20H28ClNO4.C20H26ClNO3/c1-14(15-9-6-5-7-10-15)22-13-20(11-8-12-23,16(21)17(22)24)18(25)26-19(2,3)4;1-14(15-9-6-5-7-10-15)22-13-19(17(24)25-18(2,3)4)11-8-12-20(19,21)16(22)23/h5-7,9-10,14,16,23H,8,11-13H2,1-4H3;5-7,9-10,14H,8,11-13H2,1-4H3/t14-,16?,20-;14-,19+,20+/m11/s1. The van der Waals surface area contributed by atoms with Crippen molar-refractivity contribution in [2.75, 3.05) is 19.7 Å². The first-order chi connectivity index (χ1) is 23.7. The molecule has 2 aromatic rings. The predicted molar refractivity (Wildman–Crippen MR) is 198 cm³/mol. The molecule has 1 unspecified atom stereocenters. The van der Waals surface area contributed by atoms with Crippen LogP contribution in [-0.4, -0.2) is 79.8 Å². The number of benzene rings is 2. The van der Waals surface area contributed by atoms with E-state index in [9.17, 15) is 24.3 Å². The lowest BCUT2D eigenvalue weighted by Crippen LogP contribution is -2.48. The molecule has 9 nitrogen and oxygen atoms in total. The Balaban J connectivity index is 0.000000229. The van der Waals surface area contributed by atoms with E-state index >= 15 is 0 Å². The molecule has 0 radical (unpaired) electrons. The highest BCUT2D eigenvalue weighted by molar-refractivity contribution is 6.38. The van der Waals surface area contributed by atoms with E-state index in [0.717, 1.165) is 17.5 Å². The zero-order chi connectivity index (χ0) is 38.0. The smallest absolute Gasteiger partial charge is 0.316 e. The van der Waals surface area contributed by atoms with Crippen LogP contribution in [0.3, 0.4) is 0 Å². The van der Waals surface area contributed by atoms with Crippen molar-refractivity contribution in [3.63, 3.8) is 0 Å². The Morgan fingerprint density at radius 2 is 1.31 bits per heavy atom. The summed E-state index contributed by atoms with van der Waals surface area (Å²) in [6.45, 7) is 15.2. The zero-order valence-corrected chi connectivity index (χ0v) is 32.7. The van der Waals surface area contributed by atoms with Crippen molar-refractivity contribution in [1.29, 1.82) is 0 Å². The van der Waals surface area contributed by atoms with Crippen LogP contribution in [-0.2, 0) is 28.7 Å². The lowest BCUT2D eigenvalue weighted by atomic mass is 9.79. The first-order valence-corrected chi connectivity index (χ1v) is 18.7. The van der Waals surface area contributed by atoms with Gasteiger partial charge in [0.2, 0.25) is 11.8 Å². The third-order valence-corrected chi connectivity index (χ3v) is 11.6. The minimum atomic E-state index is -1.18. The van der Waals surface area contributed by atoms with Crippen LogP contribution in [0, 0.1) is 10.8 Å². The van der Waals surface area contributed by atoms with Gasteiger partial charge >= 0.3 is 11.9 Å². The van der Waals surface area contributed by atoms with Gasteiger partial charge in [-0.2, -0.15) is 0 Å². The number of rotatable bonds is 9. The molecule has 1 aliphatic carbocycles. The molecule has 1 N–H and O–H groups in total. The van der Waals surface area contributed by atoms with Gasteiger partial charge in [0, 0.05) is 19.7 Å². The number of ether oxygens (including phenoxy) is 2. The Bertz CT molecular complexity index is 1560. The summed E-state index contributed by atoms with van der Waals surface area (Å²) in [7, 11) is 0. The van der Waals surface area contributed by atoms with Crippen molar-refractivity contribution in [1.82, 2.24) is 9.80 Å². The summed E-state index contributed by atoms with van der Waals surface area (Å²) in [6, 6.07) is 19.1. The van der Waals surface area contributed by atoms with Crippen LogP contribution in [0.1, 0.15) is 111 Å². The average Bonchev–Trinajstić information content (AvgIpc) is 3.63. The van der Waals surface area contributed by atoms with Crippen LogP contribution in [0.15, 0.2) is 60.7 Å². The van der Waals surface area contributed by atoms with E-state index < -0.39 is 38.3 Å². The van der Waals surface area contributed by atoms with E-state index in [1.54, 1.807) is 30.6 Å². The number of carbonyl (C=O) groups is 4. The lowest BCUT2D eigenvalue weighted by Gasteiger charge is -2.33. The maximum absolute atomic E-state index is 13.2. The van der Waals surface area contributed by atoms with Gasteiger partial charge in [0.15, 0.2) is 0 Å². The molecule has 0 aromatic heterocycles. The van der Waals surface area contributed by atoms with Crippen molar-refractivity contribution in [2.24, 2.45) is 10.8 Å². The van der Waals surface area contributed by atoms with E-state index in [0.29, 0.717) is 32.2 Å². The summed E-state index contributed by atoms with van der Waals surface area (Å²) in [5.74, 6) is -1.24. The molecule has 3 fully saturated rings. The molecule has 5 rings (SSSR count). The topological polar surface area (TPSA) is 113 Å². The normalized spacial score (nSPS) is 27.4. The Morgan fingerprint density at radius 1 is 0.824 bits per heavy atom. The Hall–Kier alpha value is -3.14.